The van der Waals surface area contributed by atoms with Gasteiger partial charge in [-0.3, -0.25) is 4.79 Å². The number of hydrogen-bond donors (Lipinski definition) is 1. The Balaban J connectivity index is 2.09. The number of carbonyl (C=O) groups excluding carboxylic acids is 1. The lowest BCUT2D eigenvalue weighted by Gasteiger charge is -2.25. The lowest BCUT2D eigenvalue weighted by Crippen LogP contribution is -2.34. The van der Waals surface area contributed by atoms with Crippen LogP contribution in [0.3, 0.4) is 0 Å². The summed E-state index contributed by atoms with van der Waals surface area (Å²) in [6.45, 7) is -2.63. The van der Waals surface area contributed by atoms with E-state index in [1.807, 2.05) is 49.3 Å². The number of hydrogen-bond acceptors (Lipinski definition) is 3. The van der Waals surface area contributed by atoms with Gasteiger partial charge in [0, 0.05) is 6.54 Å². The quantitative estimate of drug-likeness (QED) is 0.844. The van der Waals surface area contributed by atoms with Gasteiger partial charge in [-0.15, -0.1) is 0 Å². The molecule has 0 aliphatic heterocycles. The summed E-state index contributed by atoms with van der Waals surface area (Å²) in [7, 11) is 3.83. The maximum Gasteiger partial charge on any atom is 0.387 e. The van der Waals surface area contributed by atoms with Crippen LogP contribution in [0, 0.1) is 0 Å². The zero-order chi connectivity index (χ0) is 17.5. The van der Waals surface area contributed by atoms with E-state index >= 15 is 0 Å². The molecule has 0 aromatic heterocycles. The minimum absolute atomic E-state index is 0.0293. The smallest absolute Gasteiger partial charge is 0.387 e. The number of amides is 1. The lowest BCUT2D eigenvalue weighted by atomic mass is 10.1. The van der Waals surface area contributed by atoms with Crippen molar-refractivity contribution >= 4 is 5.91 Å². The zero-order valence-corrected chi connectivity index (χ0v) is 13.6. The molecule has 1 N–H and O–H groups in total. The Morgan fingerprint density at radius 1 is 1.08 bits per heavy atom. The minimum atomic E-state index is -2.97. The van der Waals surface area contributed by atoms with Gasteiger partial charge in [0.15, 0.2) is 0 Å². The van der Waals surface area contributed by atoms with Gasteiger partial charge < -0.3 is 15.0 Å². The number of carbonyl (C=O) groups is 1. The van der Waals surface area contributed by atoms with Crippen molar-refractivity contribution in [2.45, 2.75) is 12.7 Å². The molecule has 4 nitrogen and oxygen atoms in total. The summed E-state index contributed by atoms with van der Waals surface area (Å²) >= 11 is 0. The molecule has 0 aliphatic carbocycles. The van der Waals surface area contributed by atoms with Crippen molar-refractivity contribution in [2.24, 2.45) is 0 Å². The SMILES string of the molecule is CN(C)C(CNC(=O)c1ccccc1OC(F)F)c1ccccc1. The van der Waals surface area contributed by atoms with Crippen molar-refractivity contribution in [2.75, 3.05) is 20.6 Å². The number of nitrogens with zero attached hydrogens (tertiary/aromatic N) is 1. The van der Waals surface area contributed by atoms with Crippen LogP contribution in [0.15, 0.2) is 54.6 Å². The first-order valence-corrected chi connectivity index (χ1v) is 7.52. The molecule has 2 aromatic rings. The molecule has 1 atom stereocenters. The monoisotopic (exact) mass is 334 g/mol. The third kappa shape index (κ3) is 4.76. The summed E-state index contributed by atoms with van der Waals surface area (Å²) in [4.78, 5) is 14.3. The fourth-order valence-electron chi connectivity index (χ4n) is 2.41. The van der Waals surface area contributed by atoms with Gasteiger partial charge in [0.05, 0.1) is 11.6 Å². The highest BCUT2D eigenvalue weighted by Gasteiger charge is 2.18. The highest BCUT2D eigenvalue weighted by atomic mass is 19.3. The molecule has 24 heavy (non-hydrogen) atoms. The van der Waals surface area contributed by atoms with Gasteiger partial charge in [0.2, 0.25) is 0 Å². The highest BCUT2D eigenvalue weighted by Crippen LogP contribution is 2.21. The lowest BCUT2D eigenvalue weighted by molar-refractivity contribution is -0.0501. The molecule has 0 radical (unpaired) electrons. The van der Waals surface area contributed by atoms with Gasteiger partial charge in [0.25, 0.3) is 5.91 Å². The first-order valence-electron chi connectivity index (χ1n) is 7.52. The molecule has 0 heterocycles. The van der Waals surface area contributed by atoms with Crippen LogP contribution in [0.25, 0.3) is 0 Å². The summed E-state index contributed by atoms with van der Waals surface area (Å²) in [5, 5.41) is 2.79. The largest absolute Gasteiger partial charge is 0.434 e. The molecule has 2 rings (SSSR count). The molecule has 0 aliphatic rings. The van der Waals surface area contributed by atoms with Crippen LogP contribution in [0.5, 0.6) is 5.75 Å². The molecular weight excluding hydrogens is 314 g/mol. The average molecular weight is 334 g/mol. The van der Waals surface area contributed by atoms with E-state index in [-0.39, 0.29) is 17.4 Å². The topological polar surface area (TPSA) is 41.6 Å². The summed E-state index contributed by atoms with van der Waals surface area (Å²) in [6, 6.07) is 15.7. The standard InChI is InChI=1S/C18H20F2N2O2/c1-22(2)15(13-8-4-3-5-9-13)12-21-17(23)14-10-6-7-11-16(14)24-18(19)20/h3-11,15,18H,12H2,1-2H3,(H,21,23). The Morgan fingerprint density at radius 3 is 2.33 bits per heavy atom. The molecule has 128 valence electrons. The van der Waals surface area contributed by atoms with E-state index in [9.17, 15) is 13.6 Å². The molecule has 0 saturated carbocycles. The molecule has 1 amide bonds. The van der Waals surface area contributed by atoms with Gasteiger partial charge in [-0.25, -0.2) is 0 Å². The number of para-hydroxylation sites is 1. The van der Waals surface area contributed by atoms with E-state index in [1.54, 1.807) is 12.1 Å². The fraction of sp³-hybridized carbons (Fsp3) is 0.278. The Kier molecular flexibility index (Phi) is 6.26. The Bertz CT molecular complexity index is 663. The van der Waals surface area contributed by atoms with Crippen LogP contribution in [-0.4, -0.2) is 38.1 Å². The Hall–Kier alpha value is -2.47. The predicted molar refractivity (Wildman–Crippen MR) is 88.3 cm³/mol. The van der Waals surface area contributed by atoms with Crippen LogP contribution in [0.2, 0.25) is 0 Å². The second-order valence-corrected chi connectivity index (χ2v) is 5.47. The van der Waals surface area contributed by atoms with Crippen LogP contribution < -0.4 is 10.1 Å². The first kappa shape index (κ1) is 17.9. The normalized spacial score (nSPS) is 12.2. The molecule has 0 bridgehead atoms. The number of halogens is 2. The highest BCUT2D eigenvalue weighted by molar-refractivity contribution is 5.96. The third-order valence-electron chi connectivity index (χ3n) is 3.61. The van der Waals surface area contributed by atoms with Gasteiger partial charge in [-0.05, 0) is 31.8 Å². The van der Waals surface area contributed by atoms with Crippen LogP contribution in [-0.2, 0) is 0 Å². The van der Waals surface area contributed by atoms with E-state index in [4.69, 9.17) is 0 Å². The average Bonchev–Trinajstić information content (AvgIpc) is 2.55. The summed E-state index contributed by atoms with van der Waals surface area (Å²) < 4.78 is 29.3. The Morgan fingerprint density at radius 2 is 1.71 bits per heavy atom. The molecule has 1 unspecified atom stereocenters. The summed E-state index contributed by atoms with van der Waals surface area (Å²) in [5.41, 5.74) is 1.14. The molecular formula is C18H20F2N2O2. The summed E-state index contributed by atoms with van der Waals surface area (Å²) in [5.74, 6) is -0.583. The number of rotatable bonds is 7. The van der Waals surface area contributed by atoms with Gasteiger partial charge in [-0.2, -0.15) is 8.78 Å². The maximum atomic E-state index is 12.4. The van der Waals surface area contributed by atoms with Crippen LogP contribution >= 0.6 is 0 Å². The summed E-state index contributed by atoms with van der Waals surface area (Å²) in [6.07, 6.45) is 0. The predicted octanol–water partition coefficient (Wildman–Crippen LogP) is 3.32. The van der Waals surface area contributed by atoms with Gasteiger partial charge >= 0.3 is 6.61 Å². The molecule has 0 saturated heterocycles. The van der Waals surface area contributed by atoms with E-state index in [0.29, 0.717) is 6.54 Å². The number of benzene rings is 2. The number of nitrogens with one attached hydrogen (secondary N) is 1. The third-order valence-corrected chi connectivity index (χ3v) is 3.61. The van der Waals surface area contributed by atoms with E-state index in [1.165, 1.54) is 12.1 Å². The van der Waals surface area contributed by atoms with Crippen molar-refractivity contribution in [3.63, 3.8) is 0 Å². The Labute approximate surface area is 140 Å². The maximum absolute atomic E-state index is 12.4. The van der Waals surface area contributed by atoms with Crippen molar-refractivity contribution < 1.29 is 18.3 Å². The van der Waals surface area contributed by atoms with Crippen LogP contribution in [0.4, 0.5) is 8.78 Å². The van der Waals surface area contributed by atoms with Crippen LogP contribution in [0.1, 0.15) is 22.0 Å². The van der Waals surface area contributed by atoms with E-state index in [2.05, 4.69) is 10.1 Å². The van der Waals surface area contributed by atoms with Gasteiger partial charge in [0.1, 0.15) is 5.75 Å². The molecule has 0 spiro atoms. The molecule has 6 heteroatoms. The fourth-order valence-corrected chi connectivity index (χ4v) is 2.41. The van der Waals surface area contributed by atoms with Crippen molar-refractivity contribution in [1.29, 1.82) is 0 Å². The van der Waals surface area contributed by atoms with E-state index in [0.717, 1.165) is 5.56 Å². The van der Waals surface area contributed by atoms with Crippen molar-refractivity contribution in [3.8, 4) is 5.75 Å². The molecule has 0 fully saturated rings. The number of ether oxygens (including phenoxy) is 1. The zero-order valence-electron chi connectivity index (χ0n) is 13.6. The minimum Gasteiger partial charge on any atom is -0.434 e. The number of likely N-dealkylation sites (N-methyl/N-ethyl adjacent to an activating group) is 1. The number of alkyl halides is 2. The second-order valence-electron chi connectivity index (χ2n) is 5.47. The van der Waals surface area contributed by atoms with Crippen molar-refractivity contribution in [1.82, 2.24) is 10.2 Å². The second kappa shape index (κ2) is 8.40. The first-order chi connectivity index (χ1) is 11.5. The van der Waals surface area contributed by atoms with E-state index < -0.39 is 12.5 Å². The van der Waals surface area contributed by atoms with Gasteiger partial charge in [-0.1, -0.05) is 42.5 Å². The van der Waals surface area contributed by atoms with Crippen molar-refractivity contribution in [3.05, 3.63) is 65.7 Å². The molecule has 2 aromatic carbocycles.